The number of carbonyl (C=O) groups excluding carboxylic acids is 1. The zero-order valence-corrected chi connectivity index (χ0v) is 11.8. The number of pyridine rings is 1. The Morgan fingerprint density at radius 3 is 3.10 bits per heavy atom. The number of morpholine rings is 1. The number of aliphatic hydroxyl groups excluding tert-OH is 1. The fourth-order valence-electron chi connectivity index (χ4n) is 2.34. The quantitative estimate of drug-likeness (QED) is 0.824. The molecule has 110 valence electrons. The lowest BCUT2D eigenvalue weighted by atomic mass is 10.2. The van der Waals surface area contributed by atoms with Gasteiger partial charge in [-0.1, -0.05) is 0 Å². The summed E-state index contributed by atoms with van der Waals surface area (Å²) in [5.41, 5.74) is 0.445. The van der Waals surface area contributed by atoms with Crippen molar-refractivity contribution in [1.82, 2.24) is 4.98 Å². The summed E-state index contributed by atoms with van der Waals surface area (Å²) < 4.78 is 10.7. The molecule has 1 aromatic rings. The van der Waals surface area contributed by atoms with E-state index >= 15 is 0 Å². The van der Waals surface area contributed by atoms with E-state index in [0.717, 1.165) is 0 Å². The molecule has 0 saturated carbocycles. The third-order valence-electron chi connectivity index (χ3n) is 3.11. The summed E-state index contributed by atoms with van der Waals surface area (Å²) in [6.07, 6.45) is 1.35. The van der Waals surface area contributed by atoms with Gasteiger partial charge in [0.05, 0.1) is 25.4 Å². The van der Waals surface area contributed by atoms with E-state index < -0.39 is 0 Å². The van der Waals surface area contributed by atoms with Gasteiger partial charge in [-0.3, -0.25) is 0 Å². The summed E-state index contributed by atoms with van der Waals surface area (Å²) in [5.74, 6) is 0.204. The SMILES string of the molecule is CCOC(=O)c1cccnc1N1CC(C)OC(CO)C1. The smallest absolute Gasteiger partial charge is 0.341 e. The predicted octanol–water partition coefficient (Wildman–Crippen LogP) is 0.844. The monoisotopic (exact) mass is 280 g/mol. The normalized spacial score (nSPS) is 22.6. The summed E-state index contributed by atoms with van der Waals surface area (Å²) >= 11 is 0. The van der Waals surface area contributed by atoms with Crippen LogP contribution in [-0.4, -0.2) is 54.6 Å². The molecular formula is C14H20N2O4. The van der Waals surface area contributed by atoms with Crippen LogP contribution < -0.4 is 4.90 Å². The molecule has 1 aromatic heterocycles. The molecule has 2 heterocycles. The molecule has 1 N–H and O–H groups in total. The van der Waals surface area contributed by atoms with E-state index in [1.54, 1.807) is 25.3 Å². The van der Waals surface area contributed by atoms with E-state index in [0.29, 0.717) is 31.1 Å². The Balaban J connectivity index is 2.25. The molecule has 0 aliphatic carbocycles. The highest BCUT2D eigenvalue weighted by molar-refractivity contribution is 5.94. The Labute approximate surface area is 118 Å². The van der Waals surface area contributed by atoms with Crippen LogP contribution in [0.3, 0.4) is 0 Å². The van der Waals surface area contributed by atoms with Crippen molar-refractivity contribution in [2.24, 2.45) is 0 Å². The Hall–Kier alpha value is -1.66. The first-order valence-corrected chi connectivity index (χ1v) is 6.79. The molecule has 20 heavy (non-hydrogen) atoms. The Morgan fingerprint density at radius 2 is 2.40 bits per heavy atom. The maximum absolute atomic E-state index is 12.0. The van der Waals surface area contributed by atoms with Crippen LogP contribution in [0.25, 0.3) is 0 Å². The molecule has 1 aliphatic rings. The van der Waals surface area contributed by atoms with Gasteiger partial charge in [-0.2, -0.15) is 0 Å². The maximum Gasteiger partial charge on any atom is 0.341 e. The molecule has 1 saturated heterocycles. The van der Waals surface area contributed by atoms with Gasteiger partial charge in [-0.25, -0.2) is 9.78 Å². The molecule has 1 fully saturated rings. The van der Waals surface area contributed by atoms with Gasteiger partial charge in [0.1, 0.15) is 11.4 Å². The number of nitrogens with zero attached hydrogens (tertiary/aromatic N) is 2. The maximum atomic E-state index is 12.0. The van der Waals surface area contributed by atoms with Gasteiger partial charge in [0.25, 0.3) is 0 Å². The van der Waals surface area contributed by atoms with Crippen molar-refractivity contribution in [3.05, 3.63) is 23.9 Å². The summed E-state index contributed by atoms with van der Waals surface area (Å²) in [6.45, 7) is 5.10. The Kier molecular flexibility index (Phi) is 4.92. The van der Waals surface area contributed by atoms with Crippen molar-refractivity contribution < 1.29 is 19.4 Å². The van der Waals surface area contributed by atoms with Crippen molar-refractivity contribution in [2.45, 2.75) is 26.1 Å². The first kappa shape index (κ1) is 14.7. The molecule has 0 amide bonds. The van der Waals surface area contributed by atoms with Gasteiger partial charge in [0, 0.05) is 19.3 Å². The number of rotatable bonds is 4. The van der Waals surface area contributed by atoms with Crippen LogP contribution >= 0.6 is 0 Å². The number of carbonyl (C=O) groups is 1. The second-order valence-corrected chi connectivity index (χ2v) is 4.75. The van der Waals surface area contributed by atoms with E-state index in [9.17, 15) is 9.90 Å². The van der Waals surface area contributed by atoms with Crippen LogP contribution in [0, 0.1) is 0 Å². The zero-order valence-electron chi connectivity index (χ0n) is 11.8. The third kappa shape index (κ3) is 3.26. The molecule has 0 radical (unpaired) electrons. The lowest BCUT2D eigenvalue weighted by Crippen LogP contribution is -2.48. The highest BCUT2D eigenvalue weighted by Crippen LogP contribution is 2.22. The minimum atomic E-state index is -0.379. The molecule has 0 bridgehead atoms. The van der Waals surface area contributed by atoms with Gasteiger partial charge < -0.3 is 19.5 Å². The number of hydrogen-bond donors (Lipinski definition) is 1. The average molecular weight is 280 g/mol. The van der Waals surface area contributed by atoms with Crippen molar-refractivity contribution in [1.29, 1.82) is 0 Å². The lowest BCUT2D eigenvalue weighted by Gasteiger charge is -2.37. The number of ether oxygens (including phenoxy) is 2. The lowest BCUT2D eigenvalue weighted by molar-refractivity contribution is -0.0423. The fraction of sp³-hybridized carbons (Fsp3) is 0.571. The van der Waals surface area contributed by atoms with Crippen LogP contribution in [0.4, 0.5) is 5.82 Å². The second kappa shape index (κ2) is 6.67. The number of hydrogen-bond acceptors (Lipinski definition) is 6. The van der Waals surface area contributed by atoms with Crippen LogP contribution in [0.2, 0.25) is 0 Å². The molecule has 0 aromatic carbocycles. The van der Waals surface area contributed by atoms with Crippen molar-refractivity contribution in [2.75, 3.05) is 31.2 Å². The van der Waals surface area contributed by atoms with Crippen LogP contribution in [0.1, 0.15) is 24.2 Å². The molecule has 6 heteroatoms. The second-order valence-electron chi connectivity index (χ2n) is 4.75. The topological polar surface area (TPSA) is 71.9 Å². The third-order valence-corrected chi connectivity index (χ3v) is 3.11. The highest BCUT2D eigenvalue weighted by Gasteiger charge is 2.28. The summed E-state index contributed by atoms with van der Waals surface area (Å²) in [5, 5.41) is 9.27. The molecule has 1 aliphatic heterocycles. The van der Waals surface area contributed by atoms with E-state index in [4.69, 9.17) is 9.47 Å². The predicted molar refractivity (Wildman–Crippen MR) is 73.8 cm³/mol. The van der Waals surface area contributed by atoms with Gasteiger partial charge >= 0.3 is 5.97 Å². The van der Waals surface area contributed by atoms with E-state index in [1.807, 2.05) is 11.8 Å². The standard InChI is InChI=1S/C14H20N2O4/c1-3-19-14(18)12-5-4-6-15-13(12)16-7-10(2)20-11(8-16)9-17/h4-6,10-11,17H,3,7-9H2,1-2H3. The molecule has 0 spiro atoms. The first-order chi connectivity index (χ1) is 9.65. The Morgan fingerprint density at radius 1 is 1.60 bits per heavy atom. The van der Waals surface area contributed by atoms with Crippen LogP contribution in [-0.2, 0) is 9.47 Å². The minimum absolute atomic E-state index is 0.0297. The summed E-state index contributed by atoms with van der Waals surface area (Å²) in [7, 11) is 0. The minimum Gasteiger partial charge on any atom is -0.462 e. The van der Waals surface area contributed by atoms with Gasteiger partial charge in [-0.05, 0) is 26.0 Å². The van der Waals surface area contributed by atoms with Crippen molar-refractivity contribution >= 4 is 11.8 Å². The highest BCUT2D eigenvalue weighted by atomic mass is 16.5. The number of esters is 1. The van der Waals surface area contributed by atoms with Crippen molar-refractivity contribution in [3.8, 4) is 0 Å². The molecule has 2 rings (SSSR count). The summed E-state index contributed by atoms with van der Waals surface area (Å²) in [6, 6.07) is 3.41. The van der Waals surface area contributed by atoms with Crippen LogP contribution in [0.15, 0.2) is 18.3 Å². The molecule has 6 nitrogen and oxygen atoms in total. The number of aliphatic hydroxyl groups is 1. The van der Waals surface area contributed by atoms with Gasteiger partial charge in [0.2, 0.25) is 0 Å². The summed E-state index contributed by atoms with van der Waals surface area (Å²) in [4.78, 5) is 18.2. The largest absolute Gasteiger partial charge is 0.462 e. The average Bonchev–Trinajstić information content (AvgIpc) is 2.46. The van der Waals surface area contributed by atoms with Gasteiger partial charge in [0.15, 0.2) is 0 Å². The van der Waals surface area contributed by atoms with E-state index in [-0.39, 0.29) is 24.8 Å². The first-order valence-electron chi connectivity index (χ1n) is 6.79. The number of aromatic nitrogens is 1. The Bertz CT molecular complexity index is 466. The van der Waals surface area contributed by atoms with Crippen LogP contribution in [0.5, 0.6) is 0 Å². The zero-order chi connectivity index (χ0) is 14.5. The molecule has 2 unspecified atom stereocenters. The van der Waals surface area contributed by atoms with Gasteiger partial charge in [-0.15, -0.1) is 0 Å². The number of anilines is 1. The molecular weight excluding hydrogens is 260 g/mol. The fourth-order valence-corrected chi connectivity index (χ4v) is 2.34. The van der Waals surface area contributed by atoms with Crippen molar-refractivity contribution in [3.63, 3.8) is 0 Å². The van der Waals surface area contributed by atoms with E-state index in [2.05, 4.69) is 4.98 Å². The van der Waals surface area contributed by atoms with E-state index in [1.165, 1.54) is 0 Å². The molecule has 2 atom stereocenters.